The largest absolute Gasteiger partial charge is 0.383 e. The number of aromatic nitrogens is 2. The summed E-state index contributed by atoms with van der Waals surface area (Å²) in [6.07, 6.45) is 8.77. The molecule has 1 saturated carbocycles. The summed E-state index contributed by atoms with van der Waals surface area (Å²) in [5, 5.41) is 4.12. The Kier molecular flexibility index (Phi) is 4.48. The van der Waals surface area contributed by atoms with Crippen molar-refractivity contribution in [2.24, 2.45) is 5.92 Å². The van der Waals surface area contributed by atoms with Gasteiger partial charge >= 0.3 is 0 Å². The van der Waals surface area contributed by atoms with Gasteiger partial charge in [0.05, 0.1) is 0 Å². The Morgan fingerprint density at radius 3 is 2.82 bits per heavy atom. The van der Waals surface area contributed by atoms with Gasteiger partial charge in [-0.3, -0.25) is 0 Å². The molecular weight excluding hydrogens is 232 g/mol. The Hall–Kier alpha value is -0.970. The summed E-state index contributed by atoms with van der Waals surface area (Å²) < 4.78 is 0. The minimum atomic E-state index is 0.537. The molecule has 0 radical (unpaired) electrons. The highest BCUT2D eigenvalue weighted by Crippen LogP contribution is 2.24. The highest BCUT2D eigenvalue weighted by atomic mass is 32.2. The second kappa shape index (κ2) is 6.10. The Bertz CT molecular complexity index is 364. The van der Waals surface area contributed by atoms with E-state index in [2.05, 4.69) is 15.3 Å². The summed E-state index contributed by atoms with van der Waals surface area (Å²) in [5.74, 6) is 2.18. The zero-order valence-electron chi connectivity index (χ0n) is 10.3. The van der Waals surface area contributed by atoms with Crippen LogP contribution in [0.1, 0.15) is 32.1 Å². The summed E-state index contributed by atoms with van der Waals surface area (Å²) in [6.45, 7) is 1.00. The van der Waals surface area contributed by atoms with E-state index in [4.69, 9.17) is 5.73 Å². The second-order valence-electron chi connectivity index (χ2n) is 4.55. The van der Waals surface area contributed by atoms with Gasteiger partial charge in [-0.05, 0) is 25.0 Å². The summed E-state index contributed by atoms with van der Waals surface area (Å²) in [4.78, 5) is 8.53. The van der Waals surface area contributed by atoms with E-state index in [0.717, 1.165) is 23.4 Å². The minimum Gasteiger partial charge on any atom is -0.383 e. The van der Waals surface area contributed by atoms with Crippen LogP contribution in [0.3, 0.4) is 0 Å². The minimum absolute atomic E-state index is 0.537. The first kappa shape index (κ1) is 12.5. The molecule has 0 bridgehead atoms. The van der Waals surface area contributed by atoms with Gasteiger partial charge in [0.1, 0.15) is 11.6 Å². The molecule has 1 aliphatic rings. The first-order chi connectivity index (χ1) is 8.28. The number of nitrogen functional groups attached to an aromatic ring is 1. The first-order valence-corrected chi connectivity index (χ1v) is 7.43. The average molecular weight is 252 g/mol. The van der Waals surface area contributed by atoms with Gasteiger partial charge in [0.15, 0.2) is 5.16 Å². The lowest BCUT2D eigenvalue weighted by atomic mass is 9.89. The smallest absolute Gasteiger partial charge is 0.191 e. The molecule has 2 rings (SSSR count). The van der Waals surface area contributed by atoms with E-state index < -0.39 is 0 Å². The van der Waals surface area contributed by atoms with Gasteiger partial charge in [-0.2, -0.15) is 0 Å². The molecule has 0 aliphatic heterocycles. The zero-order chi connectivity index (χ0) is 12.1. The van der Waals surface area contributed by atoms with Gasteiger partial charge in [-0.15, -0.1) is 0 Å². The molecule has 3 N–H and O–H groups in total. The lowest BCUT2D eigenvalue weighted by molar-refractivity contribution is 0.373. The van der Waals surface area contributed by atoms with Gasteiger partial charge in [0.2, 0.25) is 0 Å². The topological polar surface area (TPSA) is 63.8 Å². The monoisotopic (exact) mass is 252 g/mol. The van der Waals surface area contributed by atoms with Crippen LogP contribution >= 0.6 is 11.8 Å². The van der Waals surface area contributed by atoms with Gasteiger partial charge < -0.3 is 11.1 Å². The molecule has 0 atom stereocenters. The first-order valence-electron chi connectivity index (χ1n) is 6.20. The van der Waals surface area contributed by atoms with Crippen molar-refractivity contribution < 1.29 is 0 Å². The number of rotatable bonds is 4. The molecule has 0 spiro atoms. The van der Waals surface area contributed by atoms with E-state index in [1.807, 2.05) is 12.3 Å². The maximum atomic E-state index is 5.74. The van der Waals surface area contributed by atoms with E-state index >= 15 is 0 Å². The standard InChI is InChI=1S/C12H20N4S/c1-17-12-15-10(13)7-11(16-12)14-8-9-5-3-2-4-6-9/h7,9H,2-6,8H2,1H3,(H3,13,14,15,16). The van der Waals surface area contributed by atoms with Crippen LogP contribution in [0.2, 0.25) is 0 Å². The Morgan fingerprint density at radius 1 is 1.35 bits per heavy atom. The lowest BCUT2D eigenvalue weighted by Gasteiger charge is -2.22. The number of nitrogens with one attached hydrogen (secondary N) is 1. The van der Waals surface area contributed by atoms with Crippen LogP contribution in [0.15, 0.2) is 11.2 Å². The zero-order valence-corrected chi connectivity index (χ0v) is 11.1. The molecule has 0 aromatic carbocycles. The number of nitrogens with two attached hydrogens (primary N) is 1. The fourth-order valence-corrected chi connectivity index (χ4v) is 2.65. The van der Waals surface area contributed by atoms with Crippen molar-refractivity contribution >= 4 is 23.4 Å². The third-order valence-corrected chi connectivity index (χ3v) is 3.75. The molecule has 17 heavy (non-hydrogen) atoms. The summed E-state index contributed by atoms with van der Waals surface area (Å²) in [6, 6.07) is 1.81. The summed E-state index contributed by atoms with van der Waals surface area (Å²) in [5.41, 5.74) is 5.74. The molecular formula is C12H20N4S. The van der Waals surface area contributed by atoms with Crippen molar-refractivity contribution in [2.75, 3.05) is 23.9 Å². The number of hydrogen-bond acceptors (Lipinski definition) is 5. The molecule has 94 valence electrons. The van der Waals surface area contributed by atoms with Crippen LogP contribution in [0.5, 0.6) is 0 Å². The lowest BCUT2D eigenvalue weighted by Crippen LogP contribution is -2.18. The molecule has 0 saturated heterocycles. The SMILES string of the molecule is CSc1nc(N)cc(NCC2CCCCC2)n1. The van der Waals surface area contributed by atoms with Gasteiger partial charge in [0.25, 0.3) is 0 Å². The fourth-order valence-electron chi connectivity index (χ4n) is 2.27. The van der Waals surface area contributed by atoms with Crippen molar-refractivity contribution in [3.05, 3.63) is 6.07 Å². The van der Waals surface area contributed by atoms with Crippen LogP contribution in [0.4, 0.5) is 11.6 Å². The molecule has 5 heteroatoms. The third kappa shape index (κ3) is 3.77. The van der Waals surface area contributed by atoms with E-state index in [-0.39, 0.29) is 0 Å². The maximum absolute atomic E-state index is 5.74. The van der Waals surface area contributed by atoms with E-state index in [0.29, 0.717) is 5.82 Å². The predicted octanol–water partition coefficient (Wildman–Crippen LogP) is 2.77. The normalized spacial score (nSPS) is 17.0. The van der Waals surface area contributed by atoms with E-state index in [1.165, 1.54) is 43.9 Å². The molecule has 0 amide bonds. The number of nitrogens with zero attached hydrogens (tertiary/aromatic N) is 2. The number of anilines is 2. The van der Waals surface area contributed by atoms with Gasteiger partial charge in [-0.1, -0.05) is 31.0 Å². The number of thioether (sulfide) groups is 1. The van der Waals surface area contributed by atoms with Crippen LogP contribution in [-0.4, -0.2) is 22.8 Å². The highest BCUT2D eigenvalue weighted by Gasteiger charge is 2.13. The molecule has 0 unspecified atom stereocenters. The molecule has 1 aromatic heterocycles. The quantitative estimate of drug-likeness (QED) is 0.637. The predicted molar refractivity (Wildman–Crippen MR) is 73.3 cm³/mol. The van der Waals surface area contributed by atoms with Crippen molar-refractivity contribution in [2.45, 2.75) is 37.3 Å². The van der Waals surface area contributed by atoms with Crippen molar-refractivity contribution in [3.8, 4) is 0 Å². The fraction of sp³-hybridized carbons (Fsp3) is 0.667. The Balaban J connectivity index is 1.91. The molecule has 1 aliphatic carbocycles. The molecule has 1 fully saturated rings. The van der Waals surface area contributed by atoms with Crippen molar-refractivity contribution in [1.29, 1.82) is 0 Å². The second-order valence-corrected chi connectivity index (χ2v) is 5.32. The summed E-state index contributed by atoms with van der Waals surface area (Å²) >= 11 is 1.52. The highest BCUT2D eigenvalue weighted by molar-refractivity contribution is 7.98. The van der Waals surface area contributed by atoms with Crippen molar-refractivity contribution in [1.82, 2.24) is 9.97 Å². The van der Waals surface area contributed by atoms with Crippen LogP contribution < -0.4 is 11.1 Å². The molecule has 1 aromatic rings. The Morgan fingerprint density at radius 2 is 2.12 bits per heavy atom. The molecule has 1 heterocycles. The van der Waals surface area contributed by atoms with E-state index in [1.54, 1.807) is 0 Å². The summed E-state index contributed by atoms with van der Waals surface area (Å²) in [7, 11) is 0. The van der Waals surface area contributed by atoms with Crippen LogP contribution in [0.25, 0.3) is 0 Å². The number of hydrogen-bond donors (Lipinski definition) is 2. The van der Waals surface area contributed by atoms with Crippen LogP contribution in [0, 0.1) is 5.92 Å². The average Bonchev–Trinajstić information content (AvgIpc) is 2.37. The third-order valence-electron chi connectivity index (χ3n) is 3.20. The van der Waals surface area contributed by atoms with Gasteiger partial charge in [0, 0.05) is 12.6 Å². The van der Waals surface area contributed by atoms with Crippen LogP contribution in [-0.2, 0) is 0 Å². The van der Waals surface area contributed by atoms with Crippen molar-refractivity contribution in [3.63, 3.8) is 0 Å². The van der Waals surface area contributed by atoms with E-state index in [9.17, 15) is 0 Å². The Labute approximate surface area is 107 Å². The maximum Gasteiger partial charge on any atom is 0.191 e. The molecule has 4 nitrogen and oxygen atoms in total. The van der Waals surface area contributed by atoms with Gasteiger partial charge in [-0.25, -0.2) is 9.97 Å².